The highest BCUT2D eigenvalue weighted by Gasteiger charge is 2.09. The molecule has 0 saturated carbocycles. The van der Waals surface area contributed by atoms with Gasteiger partial charge in [0.1, 0.15) is 17.8 Å². The molecule has 0 spiro atoms. The number of nitrogens with one attached hydrogen (secondary N) is 2. The van der Waals surface area contributed by atoms with E-state index in [1.54, 1.807) is 0 Å². The normalized spacial score (nSPS) is 10.3. The smallest absolute Gasteiger partial charge is 0.159 e. The lowest BCUT2D eigenvalue weighted by atomic mass is 10.2. The third-order valence-corrected chi connectivity index (χ3v) is 3.63. The van der Waals surface area contributed by atoms with Crippen molar-refractivity contribution in [3.8, 4) is 5.75 Å². The Morgan fingerprint density at radius 1 is 0.880 bits per heavy atom. The van der Waals surface area contributed by atoms with Crippen molar-refractivity contribution in [1.29, 1.82) is 0 Å². The van der Waals surface area contributed by atoms with E-state index in [0.29, 0.717) is 23.9 Å². The number of nitrogens with two attached hydrogens (primary N) is 1. The van der Waals surface area contributed by atoms with Crippen molar-refractivity contribution in [1.82, 2.24) is 9.97 Å². The lowest BCUT2D eigenvalue weighted by molar-refractivity contribution is 0.340. The molecule has 6 heteroatoms. The van der Waals surface area contributed by atoms with Crippen LogP contribution in [-0.2, 0) is 0 Å². The fraction of sp³-hybridized carbons (Fsp3) is 0.158. The standard InChI is InChI=1S/C19H21N5O/c1-3-25-16-10-8-15(9-11-16)24-19-17(20)18(21-12-22-19)23-14-6-4-13(2)5-7-14/h4-12H,3,20H2,1-2H3,(H2,21,22,23,24). The Labute approximate surface area is 147 Å². The van der Waals surface area contributed by atoms with Crippen molar-refractivity contribution in [3.63, 3.8) is 0 Å². The molecular formula is C19H21N5O. The van der Waals surface area contributed by atoms with Gasteiger partial charge in [0.05, 0.1) is 6.61 Å². The van der Waals surface area contributed by atoms with Crippen molar-refractivity contribution < 1.29 is 4.74 Å². The molecule has 3 rings (SSSR count). The van der Waals surface area contributed by atoms with Gasteiger partial charge in [-0.25, -0.2) is 9.97 Å². The lowest BCUT2D eigenvalue weighted by Crippen LogP contribution is -2.05. The number of nitrogens with zero attached hydrogens (tertiary/aromatic N) is 2. The summed E-state index contributed by atoms with van der Waals surface area (Å²) in [5.74, 6) is 1.94. The average Bonchev–Trinajstić information content (AvgIpc) is 2.62. The number of ether oxygens (including phenoxy) is 1. The van der Waals surface area contributed by atoms with Crippen LogP contribution in [0.5, 0.6) is 5.75 Å². The summed E-state index contributed by atoms with van der Waals surface area (Å²) >= 11 is 0. The molecule has 0 aliphatic carbocycles. The van der Waals surface area contributed by atoms with Gasteiger partial charge in [-0.2, -0.15) is 0 Å². The van der Waals surface area contributed by atoms with Crippen LogP contribution in [0.15, 0.2) is 54.9 Å². The van der Waals surface area contributed by atoms with Gasteiger partial charge in [-0.15, -0.1) is 0 Å². The molecule has 0 aliphatic heterocycles. The monoisotopic (exact) mass is 335 g/mol. The molecule has 25 heavy (non-hydrogen) atoms. The Kier molecular flexibility index (Phi) is 4.99. The van der Waals surface area contributed by atoms with E-state index in [4.69, 9.17) is 10.5 Å². The van der Waals surface area contributed by atoms with Crippen LogP contribution in [0.1, 0.15) is 12.5 Å². The maximum absolute atomic E-state index is 6.21. The summed E-state index contributed by atoms with van der Waals surface area (Å²) < 4.78 is 5.44. The Bertz CT molecular complexity index is 831. The Morgan fingerprint density at radius 3 is 1.92 bits per heavy atom. The number of benzene rings is 2. The summed E-state index contributed by atoms with van der Waals surface area (Å²) in [4.78, 5) is 8.46. The van der Waals surface area contributed by atoms with Gasteiger partial charge in [-0.1, -0.05) is 17.7 Å². The third-order valence-electron chi connectivity index (χ3n) is 3.63. The largest absolute Gasteiger partial charge is 0.494 e. The minimum absolute atomic E-state index is 0.456. The number of anilines is 5. The molecule has 128 valence electrons. The fourth-order valence-corrected chi connectivity index (χ4v) is 2.31. The van der Waals surface area contributed by atoms with Gasteiger partial charge < -0.3 is 21.1 Å². The van der Waals surface area contributed by atoms with E-state index in [2.05, 4.69) is 20.6 Å². The molecule has 0 bridgehead atoms. The van der Waals surface area contributed by atoms with Crippen molar-refractivity contribution in [2.24, 2.45) is 0 Å². The average molecular weight is 335 g/mol. The molecule has 0 radical (unpaired) electrons. The maximum atomic E-state index is 6.21. The molecule has 4 N–H and O–H groups in total. The highest BCUT2D eigenvalue weighted by Crippen LogP contribution is 2.28. The van der Waals surface area contributed by atoms with Gasteiger partial charge in [-0.05, 0) is 50.2 Å². The molecule has 3 aromatic rings. The van der Waals surface area contributed by atoms with Crippen molar-refractivity contribution >= 4 is 28.7 Å². The molecule has 0 atom stereocenters. The van der Waals surface area contributed by atoms with Crippen LogP contribution >= 0.6 is 0 Å². The van der Waals surface area contributed by atoms with Gasteiger partial charge in [0.2, 0.25) is 0 Å². The first-order valence-corrected chi connectivity index (χ1v) is 8.09. The number of aromatic nitrogens is 2. The van der Waals surface area contributed by atoms with Crippen LogP contribution in [0, 0.1) is 6.92 Å². The van der Waals surface area contributed by atoms with Gasteiger partial charge in [0, 0.05) is 11.4 Å². The molecule has 6 nitrogen and oxygen atoms in total. The van der Waals surface area contributed by atoms with E-state index in [0.717, 1.165) is 17.1 Å². The first-order valence-electron chi connectivity index (χ1n) is 8.09. The summed E-state index contributed by atoms with van der Waals surface area (Å²) in [6, 6.07) is 15.6. The Morgan fingerprint density at radius 2 is 1.40 bits per heavy atom. The molecule has 1 aromatic heterocycles. The van der Waals surface area contributed by atoms with Crippen LogP contribution in [0.2, 0.25) is 0 Å². The van der Waals surface area contributed by atoms with Gasteiger partial charge in [0.15, 0.2) is 11.6 Å². The summed E-state index contributed by atoms with van der Waals surface area (Å²) in [5, 5.41) is 6.42. The second-order valence-electron chi connectivity index (χ2n) is 5.56. The minimum Gasteiger partial charge on any atom is -0.494 e. The van der Waals surface area contributed by atoms with Crippen molar-refractivity contribution in [2.45, 2.75) is 13.8 Å². The van der Waals surface area contributed by atoms with E-state index in [-0.39, 0.29) is 0 Å². The van der Waals surface area contributed by atoms with E-state index in [1.807, 2.05) is 62.4 Å². The van der Waals surface area contributed by atoms with Crippen LogP contribution in [0.4, 0.5) is 28.7 Å². The maximum Gasteiger partial charge on any atom is 0.159 e. The SMILES string of the molecule is CCOc1ccc(Nc2ncnc(Nc3ccc(C)cc3)c2N)cc1. The second-order valence-corrected chi connectivity index (χ2v) is 5.56. The zero-order chi connectivity index (χ0) is 17.6. The molecule has 0 aliphatic rings. The highest BCUT2D eigenvalue weighted by molar-refractivity contribution is 5.80. The Balaban J connectivity index is 1.77. The molecule has 0 fully saturated rings. The molecule has 2 aromatic carbocycles. The van der Waals surface area contributed by atoms with Crippen LogP contribution in [0.3, 0.4) is 0 Å². The topological polar surface area (TPSA) is 85.1 Å². The van der Waals surface area contributed by atoms with E-state index < -0.39 is 0 Å². The second kappa shape index (κ2) is 7.53. The van der Waals surface area contributed by atoms with Crippen LogP contribution in [-0.4, -0.2) is 16.6 Å². The van der Waals surface area contributed by atoms with Gasteiger partial charge in [-0.3, -0.25) is 0 Å². The van der Waals surface area contributed by atoms with Gasteiger partial charge in [0.25, 0.3) is 0 Å². The third kappa shape index (κ3) is 4.17. The zero-order valence-electron chi connectivity index (χ0n) is 14.3. The summed E-state index contributed by atoms with van der Waals surface area (Å²) in [6.07, 6.45) is 1.48. The Hall–Kier alpha value is -3.28. The highest BCUT2D eigenvalue weighted by atomic mass is 16.5. The zero-order valence-corrected chi connectivity index (χ0v) is 14.3. The molecular weight excluding hydrogens is 314 g/mol. The first kappa shape index (κ1) is 16.6. The number of hydrogen-bond donors (Lipinski definition) is 3. The van der Waals surface area contributed by atoms with Crippen molar-refractivity contribution in [2.75, 3.05) is 23.0 Å². The predicted octanol–water partition coefficient (Wildman–Crippen LogP) is 4.25. The van der Waals surface area contributed by atoms with Crippen molar-refractivity contribution in [3.05, 3.63) is 60.4 Å². The molecule has 0 saturated heterocycles. The van der Waals surface area contributed by atoms with E-state index in [9.17, 15) is 0 Å². The first-order chi connectivity index (χ1) is 12.2. The number of hydrogen-bond acceptors (Lipinski definition) is 6. The molecule has 0 unspecified atom stereocenters. The lowest BCUT2D eigenvalue weighted by Gasteiger charge is -2.13. The summed E-state index contributed by atoms with van der Waals surface area (Å²) in [6.45, 7) is 4.64. The number of aryl methyl sites for hydroxylation is 1. The van der Waals surface area contributed by atoms with Crippen LogP contribution in [0.25, 0.3) is 0 Å². The number of nitrogen functional groups attached to an aromatic ring is 1. The predicted molar refractivity (Wildman–Crippen MR) is 102 cm³/mol. The minimum atomic E-state index is 0.456. The van der Waals surface area contributed by atoms with E-state index >= 15 is 0 Å². The van der Waals surface area contributed by atoms with E-state index in [1.165, 1.54) is 11.9 Å². The summed E-state index contributed by atoms with van der Waals surface area (Å²) in [5.41, 5.74) is 9.65. The molecule has 1 heterocycles. The van der Waals surface area contributed by atoms with Gasteiger partial charge >= 0.3 is 0 Å². The fourth-order valence-electron chi connectivity index (χ4n) is 2.31. The molecule has 0 amide bonds. The number of rotatable bonds is 6. The summed E-state index contributed by atoms with van der Waals surface area (Å²) in [7, 11) is 0. The quantitative estimate of drug-likeness (QED) is 0.624. The van der Waals surface area contributed by atoms with Crippen LogP contribution < -0.4 is 21.1 Å².